The van der Waals surface area contributed by atoms with Gasteiger partial charge in [-0.25, -0.2) is 0 Å². The molecule has 3 nitrogen and oxygen atoms in total. The van der Waals surface area contributed by atoms with E-state index in [1.165, 1.54) is 5.56 Å². The maximum absolute atomic E-state index is 5.48. The molecule has 1 rings (SSSR count). The van der Waals surface area contributed by atoms with Gasteiger partial charge in [0, 0.05) is 24.5 Å². The summed E-state index contributed by atoms with van der Waals surface area (Å²) in [6.07, 6.45) is 3.45. The molecule has 0 aromatic carbocycles. The van der Waals surface area contributed by atoms with Crippen molar-refractivity contribution in [1.29, 1.82) is 0 Å². The third-order valence-corrected chi connectivity index (χ3v) is 2.03. The smallest absolute Gasteiger partial charge is 0.0947 e. The van der Waals surface area contributed by atoms with Crippen molar-refractivity contribution >= 4 is 11.6 Å². The van der Waals surface area contributed by atoms with Gasteiger partial charge in [-0.2, -0.15) is 0 Å². The summed E-state index contributed by atoms with van der Waals surface area (Å²) < 4.78 is 10.3. The van der Waals surface area contributed by atoms with Crippen LogP contribution in [0, 0.1) is 0 Å². The number of likely N-dealkylation sites (N-methyl/N-ethyl adjacent to an activating group) is 1. The Labute approximate surface area is 89.6 Å². The second-order valence-corrected chi connectivity index (χ2v) is 3.55. The lowest BCUT2D eigenvalue weighted by Gasteiger charge is -2.14. The first-order valence-electron chi connectivity index (χ1n) is 4.66. The Hall–Kier alpha value is -0.510. The first kappa shape index (κ1) is 11.6. The van der Waals surface area contributed by atoms with Crippen LogP contribution in [0.5, 0.6) is 0 Å². The molecule has 0 amide bonds. The van der Waals surface area contributed by atoms with Gasteiger partial charge in [0.1, 0.15) is 0 Å². The largest absolute Gasteiger partial charge is 0.472 e. The first-order valence-corrected chi connectivity index (χ1v) is 5.19. The van der Waals surface area contributed by atoms with Gasteiger partial charge in [-0.3, -0.25) is 4.90 Å². The lowest BCUT2D eigenvalue weighted by Crippen LogP contribution is -2.22. The summed E-state index contributed by atoms with van der Waals surface area (Å²) in [7, 11) is 2.05. The van der Waals surface area contributed by atoms with Crippen LogP contribution in [0.3, 0.4) is 0 Å². The molecule has 0 atom stereocenters. The Balaban J connectivity index is 2.07. The van der Waals surface area contributed by atoms with Crippen LogP contribution in [0.4, 0.5) is 0 Å². The molecule has 0 aliphatic heterocycles. The summed E-state index contributed by atoms with van der Waals surface area (Å²) >= 11 is 5.48. The fraction of sp³-hybridized carbons (Fsp3) is 0.600. The van der Waals surface area contributed by atoms with Crippen LogP contribution in [-0.2, 0) is 11.3 Å². The van der Waals surface area contributed by atoms with E-state index in [2.05, 4.69) is 11.9 Å². The summed E-state index contributed by atoms with van der Waals surface area (Å²) in [5.41, 5.74) is 1.19. The Morgan fingerprint density at radius 3 is 3.00 bits per heavy atom. The molecule has 1 aromatic heterocycles. The highest BCUT2D eigenvalue weighted by Crippen LogP contribution is 2.02. The van der Waals surface area contributed by atoms with Crippen LogP contribution in [0.15, 0.2) is 23.0 Å². The zero-order chi connectivity index (χ0) is 10.2. The van der Waals surface area contributed by atoms with Crippen LogP contribution in [0.2, 0.25) is 0 Å². The number of rotatable bonds is 7. The Morgan fingerprint density at radius 2 is 2.36 bits per heavy atom. The molecule has 0 radical (unpaired) electrons. The maximum Gasteiger partial charge on any atom is 0.0947 e. The molecule has 0 saturated carbocycles. The van der Waals surface area contributed by atoms with Crippen LogP contribution < -0.4 is 0 Å². The number of hydrogen-bond donors (Lipinski definition) is 0. The monoisotopic (exact) mass is 217 g/mol. The molecule has 0 saturated heterocycles. The van der Waals surface area contributed by atoms with Gasteiger partial charge in [-0.05, 0) is 13.1 Å². The molecule has 0 N–H and O–H groups in total. The topological polar surface area (TPSA) is 25.6 Å². The van der Waals surface area contributed by atoms with Gasteiger partial charge in [0.15, 0.2) is 0 Å². The van der Waals surface area contributed by atoms with E-state index in [4.69, 9.17) is 20.8 Å². The zero-order valence-corrected chi connectivity index (χ0v) is 9.17. The van der Waals surface area contributed by atoms with E-state index in [0.29, 0.717) is 12.5 Å². The zero-order valence-electron chi connectivity index (χ0n) is 8.41. The fourth-order valence-electron chi connectivity index (χ4n) is 1.15. The lowest BCUT2D eigenvalue weighted by molar-refractivity contribution is 0.121. The van der Waals surface area contributed by atoms with Crippen LogP contribution in [0.25, 0.3) is 0 Å². The van der Waals surface area contributed by atoms with Crippen LogP contribution >= 0.6 is 11.6 Å². The number of alkyl halides is 1. The highest BCUT2D eigenvalue weighted by Gasteiger charge is 2.00. The van der Waals surface area contributed by atoms with Gasteiger partial charge in [0.2, 0.25) is 0 Å². The minimum atomic E-state index is 0.561. The van der Waals surface area contributed by atoms with E-state index in [1.54, 1.807) is 12.5 Å². The predicted molar refractivity (Wildman–Crippen MR) is 56.6 cm³/mol. The lowest BCUT2D eigenvalue weighted by atomic mass is 10.3. The van der Waals surface area contributed by atoms with Crippen molar-refractivity contribution in [2.75, 3.05) is 32.7 Å². The Kier molecular flexibility index (Phi) is 5.68. The third-order valence-electron chi connectivity index (χ3n) is 1.87. The van der Waals surface area contributed by atoms with Crippen LogP contribution in [0.1, 0.15) is 5.56 Å². The number of hydrogen-bond acceptors (Lipinski definition) is 3. The van der Waals surface area contributed by atoms with E-state index in [9.17, 15) is 0 Å². The van der Waals surface area contributed by atoms with E-state index in [0.717, 1.165) is 19.7 Å². The second kappa shape index (κ2) is 6.87. The van der Waals surface area contributed by atoms with Crippen molar-refractivity contribution < 1.29 is 9.15 Å². The summed E-state index contributed by atoms with van der Waals surface area (Å²) in [5.74, 6) is 0.561. The average Bonchev–Trinajstić information content (AvgIpc) is 2.65. The van der Waals surface area contributed by atoms with Crippen LogP contribution in [-0.4, -0.2) is 37.6 Å². The number of halogens is 1. The molecule has 1 heterocycles. The Bertz CT molecular complexity index is 226. The van der Waals surface area contributed by atoms with Gasteiger partial charge in [0.25, 0.3) is 0 Å². The SMILES string of the molecule is CN(CCOCCCl)Cc1ccoc1. The summed E-state index contributed by atoms with van der Waals surface area (Å²) in [5, 5.41) is 0. The molecule has 4 heteroatoms. The quantitative estimate of drug-likeness (QED) is 0.516. The van der Waals surface area contributed by atoms with Gasteiger partial charge in [-0.15, -0.1) is 11.6 Å². The predicted octanol–water partition coefficient (Wildman–Crippen LogP) is 1.97. The molecular formula is C10H16ClNO2. The second-order valence-electron chi connectivity index (χ2n) is 3.17. The van der Waals surface area contributed by atoms with Gasteiger partial charge in [0.05, 0.1) is 25.7 Å². The summed E-state index contributed by atoms with van der Waals surface area (Å²) in [6.45, 7) is 3.14. The number of furan rings is 1. The maximum atomic E-state index is 5.48. The Morgan fingerprint density at radius 1 is 1.50 bits per heavy atom. The molecule has 1 aromatic rings. The molecule has 0 unspecified atom stereocenters. The van der Waals surface area contributed by atoms with Gasteiger partial charge >= 0.3 is 0 Å². The van der Waals surface area contributed by atoms with E-state index in [-0.39, 0.29) is 0 Å². The minimum Gasteiger partial charge on any atom is -0.472 e. The summed E-state index contributed by atoms with van der Waals surface area (Å²) in [4.78, 5) is 2.18. The molecule has 0 fully saturated rings. The molecule has 80 valence electrons. The average molecular weight is 218 g/mol. The molecule has 0 aliphatic rings. The van der Waals surface area contributed by atoms with Crippen molar-refractivity contribution in [3.8, 4) is 0 Å². The molecule has 0 bridgehead atoms. The highest BCUT2D eigenvalue weighted by molar-refractivity contribution is 6.17. The van der Waals surface area contributed by atoms with E-state index >= 15 is 0 Å². The normalized spacial score (nSPS) is 11.1. The fourth-order valence-corrected chi connectivity index (χ4v) is 1.26. The van der Waals surface area contributed by atoms with E-state index in [1.807, 2.05) is 6.07 Å². The highest BCUT2D eigenvalue weighted by atomic mass is 35.5. The van der Waals surface area contributed by atoms with Crippen molar-refractivity contribution in [2.24, 2.45) is 0 Å². The standard InChI is InChI=1S/C10H16ClNO2/c1-12(4-7-13-6-3-11)8-10-2-5-14-9-10/h2,5,9H,3-4,6-8H2,1H3. The summed E-state index contributed by atoms with van der Waals surface area (Å²) in [6, 6.07) is 1.97. The molecule has 14 heavy (non-hydrogen) atoms. The first-order chi connectivity index (χ1) is 6.83. The number of nitrogens with zero attached hydrogens (tertiary/aromatic N) is 1. The van der Waals surface area contributed by atoms with Crippen molar-refractivity contribution in [2.45, 2.75) is 6.54 Å². The number of ether oxygens (including phenoxy) is 1. The minimum absolute atomic E-state index is 0.561. The third kappa shape index (κ3) is 4.65. The molecule has 0 spiro atoms. The van der Waals surface area contributed by atoms with Crippen molar-refractivity contribution in [1.82, 2.24) is 4.90 Å². The van der Waals surface area contributed by atoms with Gasteiger partial charge in [-0.1, -0.05) is 0 Å². The molecule has 0 aliphatic carbocycles. The van der Waals surface area contributed by atoms with Crippen molar-refractivity contribution in [3.63, 3.8) is 0 Å². The van der Waals surface area contributed by atoms with E-state index < -0.39 is 0 Å². The van der Waals surface area contributed by atoms with Crippen molar-refractivity contribution in [3.05, 3.63) is 24.2 Å². The molecular weight excluding hydrogens is 202 g/mol. The van der Waals surface area contributed by atoms with Gasteiger partial charge < -0.3 is 9.15 Å².